The Kier molecular flexibility index (Phi) is 8.25. The van der Waals surface area contributed by atoms with Crippen LogP contribution < -0.4 is 14.9 Å². The van der Waals surface area contributed by atoms with Crippen LogP contribution in [0.25, 0.3) is 11.0 Å². The quantitative estimate of drug-likeness (QED) is 0.155. The molecule has 4 aromatic rings. The van der Waals surface area contributed by atoms with Gasteiger partial charge in [0.15, 0.2) is 17.3 Å². The summed E-state index contributed by atoms with van der Waals surface area (Å²) in [6.45, 7) is 2.46. The number of furan rings is 1. The SMILES string of the molecule is CCOc1cc(/C=N\NC(=O)c2cc3cc(Br)cc(Br)c3o2)c(Br)cc1OCc1cccc(F)c1. The second-order valence-corrected chi connectivity index (χ2v) is 9.91. The molecule has 0 saturated heterocycles. The average Bonchev–Trinajstić information content (AvgIpc) is 3.24. The van der Waals surface area contributed by atoms with E-state index < -0.39 is 5.91 Å². The molecule has 3 aromatic carbocycles. The molecule has 0 aliphatic carbocycles. The van der Waals surface area contributed by atoms with Crippen LogP contribution in [0.1, 0.15) is 28.6 Å². The van der Waals surface area contributed by atoms with Crippen molar-refractivity contribution in [1.29, 1.82) is 0 Å². The molecule has 10 heteroatoms. The Bertz CT molecular complexity index is 1420. The molecule has 1 N–H and O–H groups in total. The number of nitrogens with zero attached hydrogens (tertiary/aromatic N) is 1. The molecule has 0 spiro atoms. The second kappa shape index (κ2) is 11.4. The summed E-state index contributed by atoms with van der Waals surface area (Å²) < 4.78 is 32.9. The Morgan fingerprint density at radius 2 is 1.86 bits per heavy atom. The highest BCUT2D eigenvalue weighted by Gasteiger charge is 2.15. The van der Waals surface area contributed by atoms with Crippen molar-refractivity contribution >= 4 is 70.9 Å². The van der Waals surface area contributed by atoms with E-state index in [0.29, 0.717) is 39.3 Å². The highest BCUT2D eigenvalue weighted by atomic mass is 79.9. The van der Waals surface area contributed by atoms with Crippen LogP contribution in [-0.4, -0.2) is 18.7 Å². The summed E-state index contributed by atoms with van der Waals surface area (Å²) >= 11 is 10.3. The van der Waals surface area contributed by atoms with Gasteiger partial charge in [0, 0.05) is 19.9 Å². The first-order valence-corrected chi connectivity index (χ1v) is 12.8. The van der Waals surface area contributed by atoms with E-state index in [2.05, 4.69) is 58.3 Å². The molecule has 0 radical (unpaired) electrons. The normalized spacial score (nSPS) is 11.2. The molecule has 0 aliphatic rings. The molecule has 0 aliphatic heterocycles. The molecule has 4 rings (SSSR count). The van der Waals surface area contributed by atoms with Gasteiger partial charge in [0.1, 0.15) is 18.0 Å². The van der Waals surface area contributed by atoms with E-state index in [-0.39, 0.29) is 18.2 Å². The summed E-state index contributed by atoms with van der Waals surface area (Å²) in [5.41, 5.74) is 4.39. The molecule has 35 heavy (non-hydrogen) atoms. The first kappa shape index (κ1) is 25.4. The predicted octanol–water partition coefficient (Wildman–Crippen LogP) is 7.60. The fourth-order valence-electron chi connectivity index (χ4n) is 3.22. The van der Waals surface area contributed by atoms with Crippen LogP contribution in [0, 0.1) is 5.82 Å². The van der Waals surface area contributed by atoms with Gasteiger partial charge in [-0.25, -0.2) is 9.82 Å². The molecule has 6 nitrogen and oxygen atoms in total. The zero-order valence-corrected chi connectivity index (χ0v) is 23.0. The van der Waals surface area contributed by atoms with E-state index in [1.54, 1.807) is 30.3 Å². The molecule has 0 unspecified atom stereocenters. The lowest BCUT2D eigenvalue weighted by atomic mass is 10.2. The maximum atomic E-state index is 13.4. The molecule has 1 heterocycles. The average molecular weight is 669 g/mol. The summed E-state index contributed by atoms with van der Waals surface area (Å²) in [4.78, 5) is 12.5. The number of ether oxygens (including phenoxy) is 2. The molecule has 0 atom stereocenters. The van der Waals surface area contributed by atoms with Crippen molar-refractivity contribution in [2.45, 2.75) is 13.5 Å². The lowest BCUT2D eigenvalue weighted by Crippen LogP contribution is -2.16. The standard InChI is InChI=1S/C25H18Br3FN2O4/c1-2-33-21-9-16(19(27)11-22(21)34-13-14-4-3-5-18(29)6-14)12-30-31-25(32)23-8-15-7-17(26)10-20(28)24(15)35-23/h3-12H,2,13H2,1H3,(H,31,32)/b30-12-. The Labute approximate surface area is 225 Å². The molecule has 1 amide bonds. The van der Waals surface area contributed by atoms with E-state index in [0.717, 1.165) is 14.3 Å². The highest BCUT2D eigenvalue weighted by Crippen LogP contribution is 2.34. The number of amides is 1. The predicted molar refractivity (Wildman–Crippen MR) is 143 cm³/mol. The molecule has 0 bridgehead atoms. The number of carbonyl (C=O) groups excluding carboxylic acids is 1. The van der Waals surface area contributed by atoms with Crippen molar-refractivity contribution in [1.82, 2.24) is 5.43 Å². The Balaban J connectivity index is 1.48. The maximum Gasteiger partial charge on any atom is 0.307 e. The van der Waals surface area contributed by atoms with Crippen molar-refractivity contribution in [2.24, 2.45) is 5.10 Å². The van der Waals surface area contributed by atoms with Gasteiger partial charge in [-0.05, 0) is 86.8 Å². The van der Waals surface area contributed by atoms with Gasteiger partial charge in [0.25, 0.3) is 0 Å². The number of rotatable bonds is 8. The summed E-state index contributed by atoms with van der Waals surface area (Å²) in [5, 5.41) is 4.83. The third-order valence-corrected chi connectivity index (χ3v) is 6.51. The van der Waals surface area contributed by atoms with Crippen LogP contribution in [0.15, 0.2) is 77.5 Å². The smallest absolute Gasteiger partial charge is 0.307 e. The fourth-order valence-corrected chi connectivity index (χ4v) is 4.99. The minimum Gasteiger partial charge on any atom is -0.490 e. The van der Waals surface area contributed by atoms with Gasteiger partial charge in [-0.2, -0.15) is 5.10 Å². The van der Waals surface area contributed by atoms with Gasteiger partial charge in [-0.1, -0.05) is 28.1 Å². The molecule has 0 fully saturated rings. The fraction of sp³-hybridized carbons (Fsp3) is 0.120. The minimum absolute atomic E-state index is 0.131. The Hall–Kier alpha value is -2.69. The first-order valence-electron chi connectivity index (χ1n) is 10.4. The number of hydrazone groups is 1. The van der Waals surface area contributed by atoms with E-state index in [1.165, 1.54) is 18.3 Å². The summed E-state index contributed by atoms with van der Waals surface area (Å²) in [6.07, 6.45) is 1.48. The van der Waals surface area contributed by atoms with Crippen molar-refractivity contribution < 1.29 is 23.1 Å². The molecular weight excluding hydrogens is 651 g/mol. The summed E-state index contributed by atoms with van der Waals surface area (Å²) in [6, 6.07) is 15.0. The van der Waals surface area contributed by atoms with Crippen LogP contribution in [0.4, 0.5) is 4.39 Å². The summed E-state index contributed by atoms with van der Waals surface area (Å²) in [7, 11) is 0. The zero-order valence-electron chi connectivity index (χ0n) is 18.3. The van der Waals surface area contributed by atoms with Crippen LogP contribution in [0.5, 0.6) is 11.5 Å². The topological polar surface area (TPSA) is 73.1 Å². The third kappa shape index (κ3) is 6.31. The largest absolute Gasteiger partial charge is 0.490 e. The monoisotopic (exact) mass is 666 g/mol. The number of hydrogen-bond donors (Lipinski definition) is 1. The molecule has 180 valence electrons. The van der Waals surface area contributed by atoms with E-state index in [4.69, 9.17) is 13.9 Å². The highest BCUT2D eigenvalue weighted by molar-refractivity contribution is 9.11. The first-order chi connectivity index (χ1) is 16.8. The van der Waals surface area contributed by atoms with Crippen LogP contribution in [0.2, 0.25) is 0 Å². The van der Waals surface area contributed by atoms with Gasteiger partial charge in [-0.3, -0.25) is 4.79 Å². The van der Waals surface area contributed by atoms with Gasteiger partial charge < -0.3 is 13.9 Å². The second-order valence-electron chi connectivity index (χ2n) is 7.29. The summed E-state index contributed by atoms with van der Waals surface area (Å²) in [5.74, 6) is 0.299. The van der Waals surface area contributed by atoms with Crippen molar-refractivity contribution in [3.05, 3.63) is 90.7 Å². The van der Waals surface area contributed by atoms with Crippen molar-refractivity contribution in [2.75, 3.05) is 6.61 Å². The Morgan fingerprint density at radius 1 is 1.06 bits per heavy atom. The number of carbonyl (C=O) groups is 1. The van der Waals surface area contributed by atoms with Gasteiger partial charge in [-0.15, -0.1) is 0 Å². The van der Waals surface area contributed by atoms with Crippen LogP contribution >= 0.6 is 47.8 Å². The van der Waals surface area contributed by atoms with Gasteiger partial charge >= 0.3 is 5.91 Å². The number of hydrogen-bond acceptors (Lipinski definition) is 5. The number of halogens is 4. The third-order valence-electron chi connectivity index (χ3n) is 4.78. The minimum atomic E-state index is -0.489. The van der Waals surface area contributed by atoms with E-state index in [9.17, 15) is 9.18 Å². The van der Waals surface area contributed by atoms with Crippen LogP contribution in [0.3, 0.4) is 0 Å². The van der Waals surface area contributed by atoms with E-state index >= 15 is 0 Å². The van der Waals surface area contributed by atoms with Gasteiger partial charge in [0.2, 0.25) is 0 Å². The maximum absolute atomic E-state index is 13.4. The molecule has 1 aromatic heterocycles. The Morgan fingerprint density at radius 3 is 2.63 bits per heavy atom. The molecular formula is C25H18Br3FN2O4. The lowest BCUT2D eigenvalue weighted by molar-refractivity contribution is 0.0929. The molecule has 0 saturated carbocycles. The number of nitrogens with one attached hydrogen (secondary N) is 1. The van der Waals surface area contributed by atoms with Gasteiger partial charge in [0.05, 0.1) is 17.3 Å². The zero-order chi connectivity index (χ0) is 24.9. The van der Waals surface area contributed by atoms with Crippen molar-refractivity contribution in [3.63, 3.8) is 0 Å². The number of fused-ring (bicyclic) bond motifs is 1. The lowest BCUT2D eigenvalue weighted by Gasteiger charge is -2.14. The van der Waals surface area contributed by atoms with Crippen LogP contribution in [-0.2, 0) is 6.61 Å². The van der Waals surface area contributed by atoms with Crippen molar-refractivity contribution in [3.8, 4) is 11.5 Å². The van der Waals surface area contributed by atoms with E-state index in [1.807, 2.05) is 19.1 Å². The number of benzene rings is 3.